The zero-order valence-corrected chi connectivity index (χ0v) is 29.8. The Morgan fingerprint density at radius 3 is 2.04 bits per heavy atom. The van der Waals surface area contributed by atoms with Gasteiger partial charge in [0.15, 0.2) is 0 Å². The minimum absolute atomic E-state index is 0.135. The monoisotopic (exact) mass is 695 g/mol. The van der Waals surface area contributed by atoms with Gasteiger partial charge in [-0.2, -0.15) is 4.80 Å². The van der Waals surface area contributed by atoms with Gasteiger partial charge >= 0.3 is 12.2 Å². The highest BCUT2D eigenvalue weighted by Gasteiger charge is 2.35. The van der Waals surface area contributed by atoms with E-state index in [0.29, 0.717) is 5.82 Å². The molecule has 3 rings (SSSR count). The van der Waals surface area contributed by atoms with Gasteiger partial charge in [0.25, 0.3) is 5.91 Å². The van der Waals surface area contributed by atoms with E-state index in [4.69, 9.17) is 9.47 Å². The first-order chi connectivity index (χ1) is 23.6. The number of tetrazole rings is 1. The molecule has 0 aliphatic carbocycles. The van der Waals surface area contributed by atoms with Crippen LogP contribution in [0.1, 0.15) is 45.7 Å². The lowest BCUT2D eigenvalue weighted by Gasteiger charge is -2.35. The van der Waals surface area contributed by atoms with Crippen LogP contribution in [0, 0.1) is 11.3 Å². The molecule has 0 radical (unpaired) electrons. The number of carbonyl (C=O) groups excluding carboxylic acids is 4. The third kappa shape index (κ3) is 11.8. The van der Waals surface area contributed by atoms with Crippen LogP contribution >= 0.6 is 0 Å². The molecule has 5 N–H and O–H groups in total. The Morgan fingerprint density at radius 2 is 1.50 bits per heavy atom. The topological polar surface area (TPSA) is 202 Å². The SMILES string of the molecule is COC(=O)N[C@H](C(=O)N[C@@H](Cc1ccccc1)[C@@H](O)CN(Cc1ccc(-c2nnn(C)n2)cc1)NC(=O)[C@@H](NC(=O)OC)C(C)(C)C)C(C)C. The third-order valence-electron chi connectivity index (χ3n) is 7.84. The van der Waals surface area contributed by atoms with Crippen molar-refractivity contribution in [2.24, 2.45) is 18.4 Å². The maximum Gasteiger partial charge on any atom is 0.407 e. The lowest BCUT2D eigenvalue weighted by molar-refractivity contribution is -0.132. The molecule has 50 heavy (non-hydrogen) atoms. The van der Waals surface area contributed by atoms with Gasteiger partial charge in [0.05, 0.1) is 33.4 Å². The van der Waals surface area contributed by atoms with Gasteiger partial charge in [-0.05, 0) is 34.1 Å². The summed E-state index contributed by atoms with van der Waals surface area (Å²) < 4.78 is 9.47. The number of methoxy groups -OCH3 is 2. The maximum atomic E-state index is 13.7. The van der Waals surface area contributed by atoms with Gasteiger partial charge in [-0.15, -0.1) is 10.2 Å². The second-order valence-electron chi connectivity index (χ2n) is 13.3. The van der Waals surface area contributed by atoms with E-state index < -0.39 is 53.6 Å². The van der Waals surface area contributed by atoms with Crippen molar-refractivity contribution in [3.63, 3.8) is 0 Å². The van der Waals surface area contributed by atoms with E-state index in [1.54, 1.807) is 41.7 Å². The van der Waals surface area contributed by atoms with Gasteiger partial charge in [-0.25, -0.2) is 14.6 Å². The van der Waals surface area contributed by atoms with Gasteiger partial charge in [-0.1, -0.05) is 89.2 Å². The molecule has 0 aliphatic rings. The van der Waals surface area contributed by atoms with E-state index in [1.807, 2.05) is 54.6 Å². The van der Waals surface area contributed by atoms with E-state index >= 15 is 0 Å². The number of alkyl carbamates (subject to hydrolysis) is 2. The summed E-state index contributed by atoms with van der Waals surface area (Å²) in [4.78, 5) is 52.8. The van der Waals surface area contributed by atoms with Crippen LogP contribution < -0.4 is 21.4 Å². The van der Waals surface area contributed by atoms with Crippen molar-refractivity contribution in [2.45, 2.75) is 71.8 Å². The number of aliphatic hydroxyl groups excluding tert-OH is 1. The Morgan fingerprint density at radius 1 is 0.880 bits per heavy atom. The number of carbonyl (C=O) groups is 4. The standard InChI is InChI=1S/C34H49N9O7/c1-21(2)27(36-32(47)49-7)30(45)35-25(18-22-12-10-9-11-13-22)26(44)20-43(40-31(46)28(34(3,4)5)37-33(48)50-8)19-23-14-16-24(17-15-23)29-38-41-42(6)39-29/h9-17,21,25-28,44H,18-20H2,1-8H3,(H,35,45)(H,36,47)(H,37,48)(H,40,46)/t25-,26-,27-,28+/m0/s1. The summed E-state index contributed by atoms with van der Waals surface area (Å²) in [6.07, 6.45) is -2.52. The van der Waals surface area contributed by atoms with Crippen LogP contribution in [0.4, 0.5) is 9.59 Å². The van der Waals surface area contributed by atoms with Gasteiger partial charge in [0.1, 0.15) is 12.1 Å². The molecule has 0 aliphatic heterocycles. The molecule has 4 atom stereocenters. The van der Waals surface area contributed by atoms with Gasteiger partial charge in [0.2, 0.25) is 11.7 Å². The second kappa shape index (κ2) is 18.1. The zero-order valence-electron chi connectivity index (χ0n) is 29.8. The number of rotatable bonds is 15. The number of aromatic nitrogens is 4. The number of amides is 4. The minimum Gasteiger partial charge on any atom is -0.453 e. The number of nitrogens with one attached hydrogen (secondary N) is 4. The first-order valence-electron chi connectivity index (χ1n) is 16.2. The first-order valence-corrected chi connectivity index (χ1v) is 16.2. The predicted octanol–water partition coefficient (Wildman–Crippen LogP) is 1.95. The van der Waals surface area contributed by atoms with Crippen molar-refractivity contribution in [3.8, 4) is 11.4 Å². The van der Waals surface area contributed by atoms with Crippen LogP contribution in [0.15, 0.2) is 54.6 Å². The zero-order chi connectivity index (χ0) is 37.0. The number of benzene rings is 2. The van der Waals surface area contributed by atoms with E-state index in [0.717, 1.165) is 16.7 Å². The number of hydrazine groups is 1. The van der Waals surface area contributed by atoms with Crippen LogP contribution in [0.3, 0.4) is 0 Å². The van der Waals surface area contributed by atoms with Gasteiger partial charge in [0, 0.05) is 18.7 Å². The van der Waals surface area contributed by atoms with Crippen molar-refractivity contribution < 1.29 is 33.8 Å². The highest BCUT2D eigenvalue weighted by molar-refractivity contribution is 5.86. The Labute approximate surface area is 292 Å². The molecular weight excluding hydrogens is 646 g/mol. The van der Waals surface area contributed by atoms with Crippen molar-refractivity contribution in [1.82, 2.24) is 46.6 Å². The number of aryl methyl sites for hydroxylation is 1. The molecule has 3 aromatic rings. The summed E-state index contributed by atoms with van der Waals surface area (Å²) in [5, 5.41) is 33.5. The molecule has 0 saturated carbocycles. The van der Waals surface area contributed by atoms with Crippen LogP contribution in [-0.4, -0.2) is 99.3 Å². The minimum atomic E-state index is -1.23. The molecule has 0 bridgehead atoms. The quantitative estimate of drug-likeness (QED) is 0.146. The number of ether oxygens (including phenoxy) is 2. The highest BCUT2D eigenvalue weighted by atomic mass is 16.5. The van der Waals surface area contributed by atoms with Crippen molar-refractivity contribution in [2.75, 3.05) is 20.8 Å². The molecule has 4 amide bonds. The molecule has 0 fully saturated rings. The fourth-order valence-electron chi connectivity index (χ4n) is 5.10. The summed E-state index contributed by atoms with van der Waals surface area (Å²) in [5.74, 6) is -0.899. The smallest absolute Gasteiger partial charge is 0.407 e. The molecular formula is C34H49N9O7. The number of aliphatic hydroxyl groups is 1. The maximum absolute atomic E-state index is 13.7. The number of hydrogen-bond acceptors (Lipinski definition) is 11. The van der Waals surface area contributed by atoms with E-state index in [9.17, 15) is 24.3 Å². The fourth-order valence-corrected chi connectivity index (χ4v) is 5.10. The average molecular weight is 696 g/mol. The number of hydrogen-bond donors (Lipinski definition) is 5. The summed E-state index contributed by atoms with van der Waals surface area (Å²) in [7, 11) is 4.09. The molecule has 0 saturated heterocycles. The molecule has 1 heterocycles. The van der Waals surface area contributed by atoms with Crippen LogP contribution in [0.25, 0.3) is 11.4 Å². The molecule has 16 heteroatoms. The number of nitrogens with zero attached hydrogens (tertiary/aromatic N) is 5. The Hall–Kier alpha value is -5.09. The van der Waals surface area contributed by atoms with Crippen LogP contribution in [0.5, 0.6) is 0 Å². The first kappa shape index (κ1) is 39.3. The average Bonchev–Trinajstić information content (AvgIpc) is 3.51. The molecule has 16 nitrogen and oxygen atoms in total. The summed E-state index contributed by atoms with van der Waals surface area (Å²) in [6, 6.07) is 13.8. The molecule has 0 spiro atoms. The molecule has 1 aromatic heterocycles. The van der Waals surface area contributed by atoms with Crippen molar-refractivity contribution >= 4 is 24.0 Å². The normalized spacial score (nSPS) is 13.9. The van der Waals surface area contributed by atoms with E-state index in [2.05, 4.69) is 36.8 Å². The molecule has 272 valence electrons. The Bertz CT molecular complexity index is 1560. The Balaban J connectivity index is 1.93. The predicted molar refractivity (Wildman–Crippen MR) is 184 cm³/mol. The highest BCUT2D eigenvalue weighted by Crippen LogP contribution is 2.21. The van der Waals surface area contributed by atoms with E-state index in [1.165, 1.54) is 24.0 Å². The lowest BCUT2D eigenvalue weighted by Crippen LogP contribution is -2.60. The van der Waals surface area contributed by atoms with Crippen molar-refractivity contribution in [3.05, 3.63) is 65.7 Å². The summed E-state index contributed by atoms with van der Waals surface area (Å²) in [6.45, 7) is 8.94. The van der Waals surface area contributed by atoms with Crippen LogP contribution in [0.2, 0.25) is 0 Å². The summed E-state index contributed by atoms with van der Waals surface area (Å²) >= 11 is 0. The molecule has 0 unspecified atom stereocenters. The van der Waals surface area contributed by atoms with E-state index in [-0.39, 0.29) is 25.4 Å². The largest absolute Gasteiger partial charge is 0.453 e. The summed E-state index contributed by atoms with van der Waals surface area (Å²) in [5.41, 5.74) is 4.50. The van der Waals surface area contributed by atoms with Gasteiger partial charge in [-0.3, -0.25) is 15.0 Å². The molecule has 2 aromatic carbocycles. The lowest BCUT2D eigenvalue weighted by atomic mass is 9.86. The Kier molecular flexibility index (Phi) is 14.2. The van der Waals surface area contributed by atoms with Crippen LogP contribution in [-0.2, 0) is 39.1 Å². The van der Waals surface area contributed by atoms with Gasteiger partial charge < -0.3 is 30.5 Å². The van der Waals surface area contributed by atoms with Crippen molar-refractivity contribution in [1.29, 1.82) is 0 Å². The third-order valence-corrected chi connectivity index (χ3v) is 7.84. The second-order valence-corrected chi connectivity index (χ2v) is 13.3. The fraction of sp³-hybridized carbons (Fsp3) is 0.500.